The Hall–Kier alpha value is -2.60. The van der Waals surface area contributed by atoms with Crippen molar-refractivity contribution in [2.45, 2.75) is 13.3 Å². The first-order valence-electron chi connectivity index (χ1n) is 7.06. The molecule has 1 saturated carbocycles. The van der Waals surface area contributed by atoms with Crippen molar-refractivity contribution >= 4 is 11.6 Å². The van der Waals surface area contributed by atoms with Gasteiger partial charge in [0.2, 0.25) is 5.91 Å². The van der Waals surface area contributed by atoms with Gasteiger partial charge < -0.3 is 5.32 Å². The summed E-state index contributed by atoms with van der Waals surface area (Å²) in [6.07, 6.45) is 2.71. The summed E-state index contributed by atoms with van der Waals surface area (Å²) in [6, 6.07) is 13.2. The van der Waals surface area contributed by atoms with Crippen molar-refractivity contribution in [1.29, 1.82) is 0 Å². The summed E-state index contributed by atoms with van der Waals surface area (Å²) < 4.78 is 0. The predicted molar refractivity (Wildman–Crippen MR) is 82.6 cm³/mol. The van der Waals surface area contributed by atoms with Gasteiger partial charge in [-0.2, -0.15) is 0 Å². The molecule has 2 atom stereocenters. The van der Waals surface area contributed by atoms with E-state index >= 15 is 0 Å². The Kier molecular flexibility index (Phi) is 3.70. The maximum Gasteiger partial charge on any atom is 0.227 e. The Morgan fingerprint density at radius 1 is 1.24 bits per heavy atom. The van der Waals surface area contributed by atoms with Crippen LogP contribution in [0.3, 0.4) is 0 Å². The van der Waals surface area contributed by atoms with Gasteiger partial charge in [0.1, 0.15) is 5.69 Å². The molecule has 0 saturated heterocycles. The highest BCUT2D eigenvalue weighted by Gasteiger charge is 2.38. The van der Waals surface area contributed by atoms with Crippen molar-refractivity contribution in [3.05, 3.63) is 59.9 Å². The molecule has 1 N–H and O–H groups in total. The number of amides is 1. The minimum atomic E-state index is 0.109. The van der Waals surface area contributed by atoms with E-state index in [0.717, 1.165) is 23.4 Å². The van der Waals surface area contributed by atoms with Crippen LogP contribution < -0.4 is 5.32 Å². The van der Waals surface area contributed by atoms with Crippen molar-refractivity contribution in [1.82, 2.24) is 4.98 Å². The summed E-state index contributed by atoms with van der Waals surface area (Å²) in [7, 11) is 0. The van der Waals surface area contributed by atoms with Gasteiger partial charge in [-0.05, 0) is 48.6 Å². The van der Waals surface area contributed by atoms with E-state index in [1.54, 1.807) is 6.20 Å². The van der Waals surface area contributed by atoms with Crippen LogP contribution in [0.5, 0.6) is 0 Å². The fraction of sp³-hybridized carbons (Fsp3) is 0.222. The van der Waals surface area contributed by atoms with Crippen molar-refractivity contribution in [3.63, 3.8) is 0 Å². The predicted octanol–water partition coefficient (Wildman–Crippen LogP) is 3.08. The summed E-state index contributed by atoms with van der Waals surface area (Å²) >= 11 is 0. The van der Waals surface area contributed by atoms with E-state index in [9.17, 15) is 4.79 Å². The Balaban J connectivity index is 1.72. The molecule has 0 radical (unpaired) electrons. The minimum Gasteiger partial charge on any atom is -0.326 e. The average molecular weight is 276 g/mol. The SMILES string of the molecule is C[C@@H]1C[C@@H]1C(=O)Nc1cccc(C#Cc2ccccn2)c1. The highest BCUT2D eigenvalue weighted by Crippen LogP contribution is 2.38. The van der Waals surface area contributed by atoms with Crippen LogP contribution in [-0.2, 0) is 4.79 Å². The smallest absolute Gasteiger partial charge is 0.227 e. The molecule has 0 unspecified atom stereocenters. The Morgan fingerprint density at radius 2 is 2.10 bits per heavy atom. The highest BCUT2D eigenvalue weighted by molar-refractivity contribution is 5.94. The van der Waals surface area contributed by atoms with Crippen LogP contribution in [0.25, 0.3) is 0 Å². The first kappa shape index (κ1) is 13.4. The lowest BCUT2D eigenvalue weighted by Gasteiger charge is -2.04. The van der Waals surface area contributed by atoms with Crippen LogP contribution in [0.1, 0.15) is 24.6 Å². The molecule has 0 bridgehead atoms. The second-order valence-electron chi connectivity index (χ2n) is 5.35. The van der Waals surface area contributed by atoms with E-state index in [0.29, 0.717) is 5.92 Å². The molecule has 104 valence electrons. The Bertz CT molecular complexity index is 713. The second-order valence-corrected chi connectivity index (χ2v) is 5.35. The molecule has 2 aromatic rings. The van der Waals surface area contributed by atoms with Gasteiger partial charge in [-0.1, -0.05) is 25.0 Å². The maximum atomic E-state index is 11.9. The molecular formula is C18H16N2O. The van der Waals surface area contributed by atoms with Crippen LogP contribution in [-0.4, -0.2) is 10.9 Å². The average Bonchev–Trinajstić information content (AvgIpc) is 3.24. The molecule has 1 aliphatic carbocycles. The first-order chi connectivity index (χ1) is 10.2. The molecule has 3 rings (SSSR count). The fourth-order valence-electron chi connectivity index (χ4n) is 2.17. The molecule has 1 fully saturated rings. The number of hydrogen-bond acceptors (Lipinski definition) is 2. The van der Waals surface area contributed by atoms with Gasteiger partial charge in [-0.25, -0.2) is 4.98 Å². The zero-order valence-electron chi connectivity index (χ0n) is 11.8. The van der Waals surface area contributed by atoms with Gasteiger partial charge in [0.15, 0.2) is 0 Å². The first-order valence-corrected chi connectivity index (χ1v) is 7.06. The number of anilines is 1. The third-order valence-corrected chi connectivity index (χ3v) is 3.58. The van der Waals surface area contributed by atoms with E-state index in [-0.39, 0.29) is 11.8 Å². The number of carbonyl (C=O) groups is 1. The van der Waals surface area contributed by atoms with E-state index in [1.807, 2.05) is 42.5 Å². The van der Waals surface area contributed by atoms with Crippen molar-refractivity contribution in [2.24, 2.45) is 11.8 Å². The Labute approximate surface area is 124 Å². The summed E-state index contributed by atoms with van der Waals surface area (Å²) in [6.45, 7) is 2.10. The highest BCUT2D eigenvalue weighted by atomic mass is 16.2. The number of carbonyl (C=O) groups excluding carboxylic acids is 1. The van der Waals surface area contributed by atoms with Crippen LogP contribution in [0.2, 0.25) is 0 Å². The van der Waals surface area contributed by atoms with Gasteiger partial charge in [-0.3, -0.25) is 4.79 Å². The van der Waals surface area contributed by atoms with Crippen molar-refractivity contribution in [3.8, 4) is 11.8 Å². The second kappa shape index (κ2) is 5.80. The lowest BCUT2D eigenvalue weighted by atomic mass is 10.2. The zero-order chi connectivity index (χ0) is 14.7. The topological polar surface area (TPSA) is 42.0 Å². The van der Waals surface area contributed by atoms with E-state index < -0.39 is 0 Å². The monoisotopic (exact) mass is 276 g/mol. The standard InChI is InChI=1S/C18H16N2O/c1-13-11-17(13)18(21)20-16-7-4-5-14(12-16)8-9-15-6-2-3-10-19-15/h2-7,10,12-13,17H,11H2,1H3,(H,20,21)/t13-,17+/m1/s1. The lowest BCUT2D eigenvalue weighted by molar-refractivity contribution is -0.117. The zero-order valence-corrected chi connectivity index (χ0v) is 11.8. The number of benzene rings is 1. The van der Waals surface area contributed by atoms with Gasteiger partial charge in [0, 0.05) is 23.4 Å². The number of nitrogens with zero attached hydrogens (tertiary/aromatic N) is 1. The molecule has 3 heteroatoms. The molecule has 21 heavy (non-hydrogen) atoms. The van der Waals surface area contributed by atoms with E-state index in [2.05, 4.69) is 29.1 Å². The minimum absolute atomic E-state index is 0.109. The molecule has 1 amide bonds. The number of aromatic nitrogens is 1. The third kappa shape index (κ3) is 3.49. The van der Waals surface area contributed by atoms with Crippen molar-refractivity contribution in [2.75, 3.05) is 5.32 Å². The third-order valence-electron chi connectivity index (χ3n) is 3.58. The molecule has 1 aromatic carbocycles. The summed E-state index contributed by atoms with van der Waals surface area (Å²) in [5.41, 5.74) is 2.40. The van der Waals surface area contributed by atoms with Crippen LogP contribution in [0.4, 0.5) is 5.69 Å². The summed E-state index contributed by atoms with van der Waals surface area (Å²) in [5, 5.41) is 2.95. The van der Waals surface area contributed by atoms with Crippen LogP contribution >= 0.6 is 0 Å². The summed E-state index contributed by atoms with van der Waals surface area (Å²) in [4.78, 5) is 16.1. The fourth-order valence-corrected chi connectivity index (χ4v) is 2.17. The molecule has 1 heterocycles. The normalized spacial score (nSPS) is 19.3. The molecule has 1 aliphatic rings. The number of nitrogens with one attached hydrogen (secondary N) is 1. The van der Waals surface area contributed by atoms with Crippen molar-refractivity contribution < 1.29 is 4.79 Å². The molecule has 3 nitrogen and oxygen atoms in total. The maximum absolute atomic E-state index is 11.9. The molecule has 0 aliphatic heterocycles. The van der Waals surface area contributed by atoms with Crippen LogP contribution in [0, 0.1) is 23.7 Å². The number of rotatable bonds is 2. The van der Waals surface area contributed by atoms with E-state index in [1.165, 1.54) is 0 Å². The molecule has 0 spiro atoms. The quantitative estimate of drug-likeness (QED) is 0.856. The van der Waals surface area contributed by atoms with Gasteiger partial charge in [0.05, 0.1) is 0 Å². The van der Waals surface area contributed by atoms with E-state index in [4.69, 9.17) is 0 Å². The van der Waals surface area contributed by atoms with Crippen LogP contribution in [0.15, 0.2) is 48.7 Å². The largest absolute Gasteiger partial charge is 0.326 e. The van der Waals surface area contributed by atoms with Gasteiger partial charge in [0.25, 0.3) is 0 Å². The number of pyridine rings is 1. The molecule has 1 aromatic heterocycles. The molecular weight excluding hydrogens is 260 g/mol. The number of hydrogen-bond donors (Lipinski definition) is 1. The van der Waals surface area contributed by atoms with Gasteiger partial charge >= 0.3 is 0 Å². The van der Waals surface area contributed by atoms with Gasteiger partial charge in [-0.15, -0.1) is 0 Å². The Morgan fingerprint density at radius 3 is 2.81 bits per heavy atom. The lowest BCUT2D eigenvalue weighted by Crippen LogP contribution is -2.14. The summed E-state index contributed by atoms with van der Waals surface area (Å²) in [5.74, 6) is 6.87.